The van der Waals surface area contributed by atoms with E-state index in [4.69, 9.17) is 4.74 Å². The van der Waals surface area contributed by atoms with Crippen LogP contribution in [0.25, 0.3) is 0 Å². The van der Waals surface area contributed by atoms with Crippen molar-refractivity contribution < 1.29 is 18.3 Å². The summed E-state index contributed by atoms with van der Waals surface area (Å²) in [6, 6.07) is 0. The number of imidazole rings is 1. The minimum atomic E-state index is -3.71. The van der Waals surface area contributed by atoms with Crippen LogP contribution in [0.5, 0.6) is 0 Å². The zero-order chi connectivity index (χ0) is 15.8. The predicted molar refractivity (Wildman–Crippen MR) is 79.9 cm³/mol. The molecule has 0 bridgehead atoms. The van der Waals surface area contributed by atoms with Crippen LogP contribution in [0.15, 0.2) is 11.2 Å². The second-order valence-electron chi connectivity index (χ2n) is 6.30. The lowest BCUT2D eigenvalue weighted by Gasteiger charge is -2.20. The minimum absolute atomic E-state index is 0.0347. The quantitative estimate of drug-likeness (QED) is 0.750. The number of aryl methyl sites for hydroxylation is 1. The van der Waals surface area contributed by atoms with Crippen LogP contribution < -0.4 is 4.72 Å². The van der Waals surface area contributed by atoms with Crippen LogP contribution >= 0.6 is 0 Å². The van der Waals surface area contributed by atoms with Crippen LogP contribution in [0, 0.1) is 5.92 Å². The van der Waals surface area contributed by atoms with Gasteiger partial charge in [-0.25, -0.2) is 18.1 Å². The van der Waals surface area contributed by atoms with Gasteiger partial charge in [-0.3, -0.25) is 0 Å². The molecule has 1 aromatic rings. The molecule has 1 aliphatic carbocycles. The predicted octanol–water partition coefficient (Wildman–Crippen LogP) is 0.285. The maximum absolute atomic E-state index is 12.4. The largest absolute Gasteiger partial charge is 0.386 e. The Bertz CT molecular complexity index is 631. The number of nitrogens with one attached hydrogen (secondary N) is 1. The zero-order valence-electron chi connectivity index (χ0n) is 12.8. The van der Waals surface area contributed by atoms with Gasteiger partial charge in [0.25, 0.3) is 10.0 Å². The Morgan fingerprint density at radius 2 is 2.32 bits per heavy atom. The maximum atomic E-state index is 12.4. The Balaban J connectivity index is 1.72. The van der Waals surface area contributed by atoms with Gasteiger partial charge in [-0.2, -0.15) is 0 Å². The van der Waals surface area contributed by atoms with Crippen molar-refractivity contribution in [2.45, 2.75) is 49.8 Å². The number of hydrogen-bond donors (Lipinski definition) is 2. The van der Waals surface area contributed by atoms with E-state index in [1.165, 1.54) is 12.8 Å². The third-order valence-corrected chi connectivity index (χ3v) is 5.53. The third kappa shape index (κ3) is 3.51. The molecule has 1 saturated heterocycles. The fraction of sp³-hybridized carbons (Fsp3) is 0.786. The molecule has 0 aromatic carbocycles. The van der Waals surface area contributed by atoms with Gasteiger partial charge in [0.1, 0.15) is 11.4 Å². The monoisotopic (exact) mass is 329 g/mol. The molecule has 1 unspecified atom stereocenters. The van der Waals surface area contributed by atoms with Gasteiger partial charge in [0, 0.05) is 38.7 Å². The molecule has 7 nitrogen and oxygen atoms in total. The van der Waals surface area contributed by atoms with Gasteiger partial charge in [-0.1, -0.05) is 6.92 Å². The molecule has 2 N–H and O–H groups in total. The van der Waals surface area contributed by atoms with Gasteiger partial charge in [0.15, 0.2) is 5.03 Å². The topological polar surface area (TPSA) is 93.5 Å². The molecule has 2 fully saturated rings. The van der Waals surface area contributed by atoms with Crippen LogP contribution in [0.1, 0.15) is 32.0 Å². The summed E-state index contributed by atoms with van der Waals surface area (Å²) in [6.45, 7) is 3.37. The van der Waals surface area contributed by atoms with Crippen molar-refractivity contribution in [3.05, 3.63) is 12.0 Å². The van der Waals surface area contributed by atoms with Crippen molar-refractivity contribution in [3.63, 3.8) is 0 Å². The molecule has 8 heteroatoms. The Morgan fingerprint density at radius 1 is 1.55 bits per heavy atom. The summed E-state index contributed by atoms with van der Waals surface area (Å²) in [7, 11) is -3.71. The number of hydrogen-bond acceptors (Lipinski definition) is 5. The summed E-state index contributed by atoms with van der Waals surface area (Å²) >= 11 is 0. The standard InChI is InChI=1S/C14H23N3O4S/c1-2-12-16-13(8-17(12)7-11-3-4-11)22(19,20)15-9-14(18)5-6-21-10-14/h8,11,15,18H,2-7,9-10H2,1H3. The highest BCUT2D eigenvalue weighted by molar-refractivity contribution is 7.89. The molecule has 1 atom stereocenters. The fourth-order valence-electron chi connectivity index (χ4n) is 2.62. The van der Waals surface area contributed by atoms with Crippen LogP contribution in [-0.2, 0) is 27.7 Å². The molecule has 0 radical (unpaired) electrons. The van der Waals surface area contributed by atoms with Crippen LogP contribution in [0.3, 0.4) is 0 Å². The van der Waals surface area contributed by atoms with E-state index in [0.717, 1.165) is 12.4 Å². The highest BCUT2D eigenvalue weighted by Crippen LogP contribution is 2.31. The molecule has 124 valence electrons. The number of aromatic nitrogens is 2. The second-order valence-corrected chi connectivity index (χ2v) is 8.01. The summed E-state index contributed by atoms with van der Waals surface area (Å²) in [5.74, 6) is 1.44. The van der Waals surface area contributed by atoms with E-state index in [-0.39, 0.29) is 18.2 Å². The first kappa shape index (κ1) is 15.9. The smallest absolute Gasteiger partial charge is 0.259 e. The first-order valence-corrected chi connectivity index (χ1v) is 9.26. The van der Waals surface area contributed by atoms with Crippen molar-refractivity contribution >= 4 is 10.0 Å². The van der Waals surface area contributed by atoms with E-state index in [1.807, 2.05) is 11.5 Å². The Labute approximate surface area is 130 Å². The molecule has 1 aliphatic heterocycles. The SMILES string of the molecule is CCc1nc(S(=O)(=O)NCC2(O)CCOC2)cn1CC1CC1. The summed E-state index contributed by atoms with van der Waals surface area (Å²) in [5.41, 5.74) is -1.11. The first-order valence-electron chi connectivity index (χ1n) is 7.78. The van der Waals surface area contributed by atoms with E-state index in [2.05, 4.69) is 9.71 Å². The number of ether oxygens (including phenoxy) is 1. The van der Waals surface area contributed by atoms with Gasteiger partial charge in [0.2, 0.25) is 0 Å². The molecular weight excluding hydrogens is 306 g/mol. The highest BCUT2D eigenvalue weighted by Gasteiger charge is 2.34. The number of rotatable bonds is 7. The van der Waals surface area contributed by atoms with Crippen molar-refractivity contribution in [1.29, 1.82) is 0 Å². The zero-order valence-corrected chi connectivity index (χ0v) is 13.6. The lowest BCUT2D eigenvalue weighted by molar-refractivity contribution is 0.0314. The fourth-order valence-corrected chi connectivity index (χ4v) is 3.71. The lowest BCUT2D eigenvalue weighted by Crippen LogP contribution is -2.43. The molecule has 2 aliphatic rings. The van der Waals surface area contributed by atoms with E-state index in [9.17, 15) is 13.5 Å². The van der Waals surface area contributed by atoms with Crippen LogP contribution in [0.2, 0.25) is 0 Å². The second kappa shape index (κ2) is 5.92. The molecule has 0 amide bonds. The molecule has 22 heavy (non-hydrogen) atoms. The normalized spacial score (nSPS) is 25.7. The first-order chi connectivity index (χ1) is 10.4. The molecule has 3 rings (SSSR count). The lowest BCUT2D eigenvalue weighted by atomic mass is 10.1. The summed E-state index contributed by atoms with van der Waals surface area (Å²) in [4.78, 5) is 4.25. The van der Waals surface area contributed by atoms with Crippen LogP contribution in [0.4, 0.5) is 0 Å². The van der Waals surface area contributed by atoms with Gasteiger partial charge in [0.05, 0.1) is 6.61 Å². The molecular formula is C14H23N3O4S. The van der Waals surface area contributed by atoms with E-state index in [1.54, 1.807) is 6.20 Å². The van der Waals surface area contributed by atoms with Crippen molar-refractivity contribution in [1.82, 2.24) is 14.3 Å². The van der Waals surface area contributed by atoms with Crippen LogP contribution in [-0.4, -0.2) is 48.4 Å². The number of nitrogens with zero attached hydrogens (tertiary/aromatic N) is 2. The number of sulfonamides is 1. The van der Waals surface area contributed by atoms with Gasteiger partial charge >= 0.3 is 0 Å². The van der Waals surface area contributed by atoms with Crippen molar-refractivity contribution in [2.24, 2.45) is 5.92 Å². The third-order valence-electron chi connectivity index (χ3n) is 4.25. The van der Waals surface area contributed by atoms with E-state index >= 15 is 0 Å². The minimum Gasteiger partial charge on any atom is -0.386 e. The Hall–Kier alpha value is -0.960. The molecule has 0 spiro atoms. The summed E-state index contributed by atoms with van der Waals surface area (Å²) in [6.07, 6.45) is 5.14. The summed E-state index contributed by atoms with van der Waals surface area (Å²) < 4.78 is 34.3. The molecule has 2 heterocycles. The average molecular weight is 329 g/mol. The average Bonchev–Trinajstić information content (AvgIpc) is 3.02. The Morgan fingerprint density at radius 3 is 2.91 bits per heavy atom. The van der Waals surface area contributed by atoms with Gasteiger partial charge in [-0.05, 0) is 18.8 Å². The molecule has 1 saturated carbocycles. The Kier molecular flexibility index (Phi) is 4.28. The van der Waals surface area contributed by atoms with E-state index < -0.39 is 15.6 Å². The molecule has 1 aromatic heterocycles. The van der Waals surface area contributed by atoms with Crippen molar-refractivity contribution in [2.75, 3.05) is 19.8 Å². The highest BCUT2D eigenvalue weighted by atomic mass is 32.2. The van der Waals surface area contributed by atoms with Gasteiger partial charge in [-0.15, -0.1) is 0 Å². The van der Waals surface area contributed by atoms with E-state index in [0.29, 0.717) is 25.4 Å². The summed E-state index contributed by atoms with van der Waals surface area (Å²) in [5, 5.41) is 10.2. The maximum Gasteiger partial charge on any atom is 0.259 e. The van der Waals surface area contributed by atoms with Gasteiger partial charge < -0.3 is 14.4 Å². The number of aliphatic hydroxyl groups is 1. The van der Waals surface area contributed by atoms with Crippen molar-refractivity contribution in [3.8, 4) is 0 Å².